The lowest BCUT2D eigenvalue weighted by Gasteiger charge is -2.04. The van der Waals surface area contributed by atoms with Crippen LogP contribution >= 0.6 is 11.3 Å². The average Bonchev–Trinajstić information content (AvgIpc) is 2.85. The fourth-order valence-electron chi connectivity index (χ4n) is 2.23. The van der Waals surface area contributed by atoms with Gasteiger partial charge in [-0.15, -0.1) is 17.9 Å². The molecule has 0 radical (unpaired) electrons. The molecule has 2 aromatic heterocycles. The van der Waals surface area contributed by atoms with Gasteiger partial charge in [0.25, 0.3) is 0 Å². The smallest absolute Gasteiger partial charge is 0.138 e. The van der Waals surface area contributed by atoms with Gasteiger partial charge in [0.2, 0.25) is 0 Å². The number of aromatic nitrogens is 2. The number of rotatable bonds is 3. The number of thiophene rings is 1. The van der Waals surface area contributed by atoms with E-state index in [0.29, 0.717) is 0 Å². The standard InChI is InChI=1S/C12H13N3S/c1-2-6-13-11-10-8-4-3-5-9(8)16-12(10)15-7-14-11/h2,7H,1,3-6H2,(H,13,14,15). The Morgan fingerprint density at radius 2 is 2.38 bits per heavy atom. The first-order valence-corrected chi connectivity index (χ1v) is 6.32. The van der Waals surface area contributed by atoms with Crippen molar-refractivity contribution in [2.24, 2.45) is 0 Å². The summed E-state index contributed by atoms with van der Waals surface area (Å²) in [5, 5.41) is 4.53. The van der Waals surface area contributed by atoms with Crippen molar-refractivity contribution in [1.82, 2.24) is 9.97 Å². The van der Waals surface area contributed by atoms with E-state index in [1.54, 1.807) is 6.33 Å². The Bertz CT molecular complexity index is 544. The van der Waals surface area contributed by atoms with Crippen molar-refractivity contribution in [2.45, 2.75) is 19.3 Å². The van der Waals surface area contributed by atoms with E-state index >= 15 is 0 Å². The van der Waals surface area contributed by atoms with Crippen LogP contribution in [-0.2, 0) is 12.8 Å². The SMILES string of the molecule is C=CCNc1ncnc2sc3c(c12)CCC3. The minimum atomic E-state index is 0.747. The van der Waals surface area contributed by atoms with Crippen molar-refractivity contribution in [1.29, 1.82) is 0 Å². The molecule has 1 aliphatic carbocycles. The Labute approximate surface area is 98.2 Å². The molecule has 1 aliphatic rings. The van der Waals surface area contributed by atoms with Gasteiger partial charge in [-0.3, -0.25) is 0 Å². The zero-order valence-electron chi connectivity index (χ0n) is 8.99. The molecule has 0 saturated heterocycles. The van der Waals surface area contributed by atoms with E-state index in [1.807, 2.05) is 17.4 Å². The number of fused-ring (bicyclic) bond motifs is 3. The lowest BCUT2D eigenvalue weighted by molar-refractivity contribution is 0.917. The molecule has 3 nitrogen and oxygen atoms in total. The second-order valence-electron chi connectivity index (χ2n) is 3.93. The number of hydrogen-bond donors (Lipinski definition) is 1. The monoisotopic (exact) mass is 231 g/mol. The maximum Gasteiger partial charge on any atom is 0.138 e. The number of aryl methyl sites for hydroxylation is 2. The minimum Gasteiger partial charge on any atom is -0.366 e. The minimum absolute atomic E-state index is 0.747. The molecule has 0 fully saturated rings. The molecule has 0 saturated carbocycles. The molecule has 0 atom stereocenters. The van der Waals surface area contributed by atoms with Gasteiger partial charge < -0.3 is 5.32 Å². The van der Waals surface area contributed by atoms with Crippen molar-refractivity contribution in [3.63, 3.8) is 0 Å². The van der Waals surface area contributed by atoms with Crippen molar-refractivity contribution in [3.05, 3.63) is 29.4 Å². The normalized spacial score (nSPS) is 14.0. The fraction of sp³-hybridized carbons (Fsp3) is 0.333. The molecule has 0 aliphatic heterocycles. The van der Waals surface area contributed by atoms with E-state index in [1.165, 1.54) is 35.1 Å². The van der Waals surface area contributed by atoms with Crippen LogP contribution in [0, 0.1) is 0 Å². The van der Waals surface area contributed by atoms with E-state index in [2.05, 4.69) is 21.9 Å². The Morgan fingerprint density at radius 3 is 3.25 bits per heavy atom. The molecule has 3 rings (SSSR count). The van der Waals surface area contributed by atoms with Crippen LogP contribution in [0.2, 0.25) is 0 Å². The van der Waals surface area contributed by atoms with E-state index in [4.69, 9.17) is 0 Å². The average molecular weight is 231 g/mol. The lowest BCUT2D eigenvalue weighted by atomic mass is 10.2. The molecule has 2 heterocycles. The number of nitrogens with one attached hydrogen (secondary N) is 1. The molecule has 82 valence electrons. The predicted octanol–water partition coefficient (Wildman–Crippen LogP) is 2.78. The van der Waals surface area contributed by atoms with Crippen LogP contribution in [0.4, 0.5) is 5.82 Å². The maximum absolute atomic E-state index is 4.35. The van der Waals surface area contributed by atoms with Crippen LogP contribution in [0.1, 0.15) is 16.9 Å². The lowest BCUT2D eigenvalue weighted by Crippen LogP contribution is -2.01. The van der Waals surface area contributed by atoms with Gasteiger partial charge in [-0.2, -0.15) is 0 Å². The quantitative estimate of drug-likeness (QED) is 0.825. The third-order valence-electron chi connectivity index (χ3n) is 2.92. The van der Waals surface area contributed by atoms with E-state index in [0.717, 1.165) is 17.2 Å². The van der Waals surface area contributed by atoms with Gasteiger partial charge >= 0.3 is 0 Å². The molecule has 0 spiro atoms. The van der Waals surface area contributed by atoms with Gasteiger partial charge in [0.15, 0.2) is 0 Å². The molecule has 0 aromatic carbocycles. The van der Waals surface area contributed by atoms with E-state index in [9.17, 15) is 0 Å². The van der Waals surface area contributed by atoms with Crippen LogP contribution in [0.3, 0.4) is 0 Å². The van der Waals surface area contributed by atoms with Gasteiger partial charge in [0.05, 0.1) is 5.39 Å². The highest BCUT2D eigenvalue weighted by Crippen LogP contribution is 2.38. The highest BCUT2D eigenvalue weighted by atomic mass is 32.1. The van der Waals surface area contributed by atoms with E-state index < -0.39 is 0 Å². The second kappa shape index (κ2) is 3.87. The summed E-state index contributed by atoms with van der Waals surface area (Å²) in [6, 6.07) is 0. The summed E-state index contributed by atoms with van der Waals surface area (Å²) in [5.74, 6) is 0.962. The molecule has 0 unspecified atom stereocenters. The molecule has 2 aromatic rings. The summed E-state index contributed by atoms with van der Waals surface area (Å²) in [6.45, 7) is 4.46. The first-order chi connectivity index (χ1) is 7.90. The van der Waals surface area contributed by atoms with Gasteiger partial charge in [-0.25, -0.2) is 9.97 Å². The maximum atomic E-state index is 4.35. The van der Waals surface area contributed by atoms with Crippen LogP contribution in [0.15, 0.2) is 19.0 Å². The summed E-state index contributed by atoms with van der Waals surface area (Å²) >= 11 is 1.82. The van der Waals surface area contributed by atoms with Crippen molar-refractivity contribution in [3.8, 4) is 0 Å². The Hall–Kier alpha value is -1.42. The molecular weight excluding hydrogens is 218 g/mol. The number of hydrogen-bond acceptors (Lipinski definition) is 4. The zero-order valence-corrected chi connectivity index (χ0v) is 9.81. The van der Waals surface area contributed by atoms with Gasteiger partial charge in [0.1, 0.15) is 17.0 Å². The molecule has 1 N–H and O–H groups in total. The Kier molecular flexibility index (Phi) is 2.36. The summed E-state index contributed by atoms with van der Waals surface area (Å²) in [5.41, 5.74) is 1.46. The predicted molar refractivity (Wildman–Crippen MR) is 68.1 cm³/mol. The van der Waals surface area contributed by atoms with Crippen molar-refractivity contribution < 1.29 is 0 Å². The van der Waals surface area contributed by atoms with Gasteiger partial charge in [-0.1, -0.05) is 6.08 Å². The van der Waals surface area contributed by atoms with E-state index in [-0.39, 0.29) is 0 Å². The first kappa shape index (κ1) is 9.78. The molecular formula is C12H13N3S. The summed E-state index contributed by atoms with van der Waals surface area (Å²) < 4.78 is 0. The first-order valence-electron chi connectivity index (χ1n) is 5.50. The van der Waals surface area contributed by atoms with Crippen molar-refractivity contribution in [2.75, 3.05) is 11.9 Å². The highest BCUT2D eigenvalue weighted by Gasteiger charge is 2.20. The largest absolute Gasteiger partial charge is 0.366 e. The number of nitrogens with zero attached hydrogens (tertiary/aromatic N) is 2. The second-order valence-corrected chi connectivity index (χ2v) is 5.01. The Morgan fingerprint density at radius 1 is 1.44 bits per heavy atom. The summed E-state index contributed by atoms with van der Waals surface area (Å²) in [7, 11) is 0. The third kappa shape index (κ3) is 1.41. The molecule has 4 heteroatoms. The van der Waals surface area contributed by atoms with Gasteiger partial charge in [-0.05, 0) is 24.8 Å². The molecule has 0 bridgehead atoms. The van der Waals surface area contributed by atoms with Crippen LogP contribution in [-0.4, -0.2) is 16.5 Å². The third-order valence-corrected chi connectivity index (χ3v) is 4.11. The van der Waals surface area contributed by atoms with Crippen LogP contribution in [0.5, 0.6) is 0 Å². The summed E-state index contributed by atoms with van der Waals surface area (Å²) in [6.07, 6.45) is 7.13. The topological polar surface area (TPSA) is 37.8 Å². The van der Waals surface area contributed by atoms with Crippen LogP contribution < -0.4 is 5.32 Å². The molecule has 0 amide bonds. The Balaban J connectivity index is 2.16. The molecule has 16 heavy (non-hydrogen) atoms. The van der Waals surface area contributed by atoms with Gasteiger partial charge in [0, 0.05) is 11.4 Å². The fourth-order valence-corrected chi connectivity index (χ4v) is 3.46. The van der Waals surface area contributed by atoms with Crippen molar-refractivity contribution >= 4 is 27.4 Å². The zero-order chi connectivity index (χ0) is 11.0. The van der Waals surface area contributed by atoms with Crippen LogP contribution in [0.25, 0.3) is 10.2 Å². The highest BCUT2D eigenvalue weighted by molar-refractivity contribution is 7.19. The summed E-state index contributed by atoms with van der Waals surface area (Å²) in [4.78, 5) is 11.3. The number of anilines is 1.